The highest BCUT2D eigenvalue weighted by Gasteiger charge is 2.44. The van der Waals surface area contributed by atoms with E-state index in [-0.39, 0.29) is 5.17 Å². The van der Waals surface area contributed by atoms with Gasteiger partial charge in [-0.15, -0.1) is 0 Å². The average Bonchev–Trinajstić information content (AvgIpc) is 2.84. The zero-order valence-electron chi connectivity index (χ0n) is 13.3. The van der Waals surface area contributed by atoms with Gasteiger partial charge in [0.25, 0.3) is 0 Å². The Balaban J connectivity index is 2.16. The van der Waals surface area contributed by atoms with Crippen molar-refractivity contribution in [2.24, 2.45) is 4.99 Å². The lowest BCUT2D eigenvalue weighted by molar-refractivity contribution is -0.134. The Hall–Kier alpha value is -0.520. The summed E-state index contributed by atoms with van der Waals surface area (Å²) in [5.74, 6) is 0. The molecule has 1 saturated heterocycles. The molecular weight excluding hydrogens is 353 g/mol. The highest BCUT2D eigenvalue weighted by molar-refractivity contribution is 8.14. The molecule has 1 aliphatic rings. The summed E-state index contributed by atoms with van der Waals surface area (Å²) in [7, 11) is -3.33. The molecule has 1 atom stereocenters. The van der Waals surface area contributed by atoms with Gasteiger partial charge in [0.2, 0.25) is 10.0 Å². The number of aliphatic imine (C=N–C) groups is 1. The summed E-state index contributed by atoms with van der Waals surface area (Å²) in [5.41, 5.74) is 4.52. The van der Waals surface area contributed by atoms with Gasteiger partial charge in [0.1, 0.15) is 0 Å². The predicted octanol–water partition coefficient (Wildman–Crippen LogP) is 1.96. The maximum Gasteiger partial charge on any atom is 0.415 e. The van der Waals surface area contributed by atoms with Crippen molar-refractivity contribution in [1.82, 2.24) is 15.6 Å². The van der Waals surface area contributed by atoms with E-state index in [2.05, 4.69) is 20.6 Å². The first-order valence-corrected chi connectivity index (χ1v) is 9.58. The second-order valence-electron chi connectivity index (χ2n) is 6.07. The van der Waals surface area contributed by atoms with Gasteiger partial charge < -0.3 is 0 Å². The Kier molecular flexibility index (Phi) is 7.17. The van der Waals surface area contributed by atoms with Gasteiger partial charge in [-0.2, -0.15) is 13.2 Å². The number of thioether (sulfide) groups is 1. The Morgan fingerprint density at radius 2 is 1.87 bits per heavy atom. The van der Waals surface area contributed by atoms with Crippen LogP contribution in [-0.4, -0.2) is 43.0 Å². The van der Waals surface area contributed by atoms with Crippen molar-refractivity contribution in [3.05, 3.63) is 0 Å². The number of amidine groups is 1. The minimum atomic E-state index is -4.32. The van der Waals surface area contributed by atoms with Crippen LogP contribution in [0.4, 0.5) is 13.2 Å². The summed E-state index contributed by atoms with van der Waals surface area (Å²) in [5, 5.41) is -1.45. The molecule has 0 saturated carbocycles. The summed E-state index contributed by atoms with van der Waals surface area (Å²) < 4.78 is 62.5. The van der Waals surface area contributed by atoms with Crippen LogP contribution in [-0.2, 0) is 10.0 Å². The lowest BCUT2D eigenvalue weighted by Crippen LogP contribution is -2.40. The van der Waals surface area contributed by atoms with E-state index >= 15 is 0 Å². The average molecular weight is 376 g/mol. The van der Waals surface area contributed by atoms with Crippen molar-refractivity contribution in [2.75, 3.05) is 13.1 Å². The van der Waals surface area contributed by atoms with Gasteiger partial charge in [-0.1, -0.05) is 18.2 Å². The summed E-state index contributed by atoms with van der Waals surface area (Å²) in [6.07, 6.45) is -2.24. The standard InChI is InChI=1S/C12H23F3N4O2S2/c1-11(2,3)23(20,21)17-8-6-4-5-7-16-10-19-18-9(22-10)12(13,14)15/h9,17-18H,4-8H2,1-3H3,(H,16,19). The first-order chi connectivity index (χ1) is 10.4. The van der Waals surface area contributed by atoms with Crippen LogP contribution in [0.5, 0.6) is 0 Å². The molecule has 0 aromatic rings. The molecule has 1 rings (SSSR count). The van der Waals surface area contributed by atoms with E-state index in [1.165, 1.54) is 0 Å². The SMILES string of the molecule is CC(C)(C)S(=O)(=O)NCCCCCN=C1NNC(C(F)(F)F)S1. The molecule has 0 amide bonds. The highest BCUT2D eigenvalue weighted by Crippen LogP contribution is 2.30. The number of halogens is 3. The van der Waals surface area contributed by atoms with E-state index in [4.69, 9.17) is 0 Å². The van der Waals surface area contributed by atoms with Gasteiger partial charge in [-0.25, -0.2) is 18.6 Å². The first-order valence-electron chi connectivity index (χ1n) is 7.22. The molecular formula is C12H23F3N4O2S2. The van der Waals surface area contributed by atoms with Gasteiger partial charge in [0, 0.05) is 13.1 Å². The van der Waals surface area contributed by atoms with E-state index in [1.54, 1.807) is 20.8 Å². The molecule has 0 aromatic carbocycles. The topological polar surface area (TPSA) is 82.6 Å². The molecule has 1 aliphatic heterocycles. The van der Waals surface area contributed by atoms with Gasteiger partial charge in [0.15, 0.2) is 10.5 Å². The van der Waals surface area contributed by atoms with Crippen molar-refractivity contribution >= 4 is 27.0 Å². The fourth-order valence-electron chi connectivity index (χ4n) is 1.54. The molecule has 136 valence electrons. The summed E-state index contributed by atoms with van der Waals surface area (Å²) in [4.78, 5) is 4.04. The number of rotatable bonds is 7. The van der Waals surface area contributed by atoms with E-state index in [9.17, 15) is 21.6 Å². The van der Waals surface area contributed by atoms with Crippen LogP contribution < -0.4 is 15.6 Å². The smallest absolute Gasteiger partial charge is 0.299 e. The second kappa shape index (κ2) is 8.04. The molecule has 0 aromatic heterocycles. The number of sulfonamides is 1. The molecule has 23 heavy (non-hydrogen) atoms. The minimum Gasteiger partial charge on any atom is -0.299 e. The third-order valence-corrected chi connectivity index (χ3v) is 6.30. The molecule has 0 radical (unpaired) electrons. The number of hydrazine groups is 1. The molecule has 3 N–H and O–H groups in total. The lowest BCUT2D eigenvalue weighted by atomic mass is 10.2. The van der Waals surface area contributed by atoms with Crippen molar-refractivity contribution in [1.29, 1.82) is 0 Å². The van der Waals surface area contributed by atoms with Crippen LogP contribution >= 0.6 is 11.8 Å². The molecule has 1 unspecified atom stereocenters. The van der Waals surface area contributed by atoms with Crippen molar-refractivity contribution < 1.29 is 21.6 Å². The minimum absolute atomic E-state index is 0.223. The zero-order valence-corrected chi connectivity index (χ0v) is 15.0. The highest BCUT2D eigenvalue weighted by atomic mass is 32.2. The van der Waals surface area contributed by atoms with E-state index in [1.807, 2.05) is 0 Å². The Morgan fingerprint density at radius 1 is 1.22 bits per heavy atom. The monoisotopic (exact) mass is 376 g/mol. The van der Waals surface area contributed by atoms with Crippen LogP contribution in [0.2, 0.25) is 0 Å². The van der Waals surface area contributed by atoms with Crippen molar-refractivity contribution in [3.63, 3.8) is 0 Å². The molecule has 0 aliphatic carbocycles. The fourth-order valence-corrected chi connectivity index (χ4v) is 3.15. The van der Waals surface area contributed by atoms with Crippen LogP contribution in [0.15, 0.2) is 4.99 Å². The molecule has 6 nitrogen and oxygen atoms in total. The Labute approximate surface area is 139 Å². The van der Waals surface area contributed by atoms with Crippen LogP contribution in [0.25, 0.3) is 0 Å². The number of alkyl halides is 3. The molecule has 0 bridgehead atoms. The van der Waals surface area contributed by atoms with Gasteiger partial charge in [-0.3, -0.25) is 10.4 Å². The van der Waals surface area contributed by atoms with Gasteiger partial charge >= 0.3 is 6.18 Å². The normalized spacial score (nSPS) is 21.7. The Morgan fingerprint density at radius 3 is 2.39 bits per heavy atom. The number of unbranched alkanes of at least 4 members (excludes halogenated alkanes) is 2. The third kappa shape index (κ3) is 6.86. The summed E-state index contributed by atoms with van der Waals surface area (Å²) in [6, 6.07) is 0. The summed E-state index contributed by atoms with van der Waals surface area (Å²) >= 11 is 0.603. The van der Waals surface area contributed by atoms with Crippen LogP contribution in [0, 0.1) is 0 Å². The number of nitrogens with one attached hydrogen (secondary N) is 3. The molecule has 1 heterocycles. The maximum atomic E-state index is 12.4. The lowest BCUT2D eigenvalue weighted by Gasteiger charge is -2.19. The van der Waals surface area contributed by atoms with Crippen molar-refractivity contribution in [2.45, 2.75) is 56.3 Å². The van der Waals surface area contributed by atoms with Gasteiger partial charge in [0.05, 0.1) is 4.75 Å². The number of nitrogens with zero attached hydrogens (tertiary/aromatic N) is 1. The molecule has 0 spiro atoms. The predicted molar refractivity (Wildman–Crippen MR) is 86.5 cm³/mol. The third-order valence-electron chi connectivity index (χ3n) is 3.03. The van der Waals surface area contributed by atoms with Gasteiger partial charge in [-0.05, 0) is 33.6 Å². The molecule has 1 fully saturated rings. The summed E-state index contributed by atoms with van der Waals surface area (Å²) in [6.45, 7) is 5.62. The van der Waals surface area contributed by atoms with E-state index in [0.717, 1.165) is 6.42 Å². The number of hydrogen-bond acceptors (Lipinski definition) is 5. The Bertz CT molecular complexity index is 515. The van der Waals surface area contributed by atoms with Crippen LogP contribution in [0.3, 0.4) is 0 Å². The van der Waals surface area contributed by atoms with Crippen molar-refractivity contribution in [3.8, 4) is 0 Å². The quantitative estimate of drug-likeness (QED) is 0.592. The maximum absolute atomic E-state index is 12.4. The van der Waals surface area contributed by atoms with Crippen LogP contribution in [0.1, 0.15) is 40.0 Å². The van der Waals surface area contributed by atoms with E-state index in [0.29, 0.717) is 37.7 Å². The fraction of sp³-hybridized carbons (Fsp3) is 0.917. The first kappa shape index (κ1) is 20.5. The van der Waals surface area contributed by atoms with E-state index < -0.39 is 26.3 Å². The second-order valence-corrected chi connectivity index (χ2v) is 9.68. The molecule has 11 heteroatoms. The number of hydrogen-bond donors (Lipinski definition) is 3. The zero-order chi connectivity index (χ0) is 17.7. The largest absolute Gasteiger partial charge is 0.415 e.